The van der Waals surface area contributed by atoms with Crippen molar-refractivity contribution in [1.29, 1.82) is 0 Å². The van der Waals surface area contributed by atoms with Crippen molar-refractivity contribution in [2.75, 3.05) is 0 Å². The SMILES string of the molecule is [Al+3].[Al+3].[F-].[F-].[O-][P+]([O-])([O-])c1ccccc1.[O-][P+]([O-])([O-])c1ccccc1. The van der Waals surface area contributed by atoms with Crippen LogP contribution in [0.3, 0.4) is 0 Å². The van der Waals surface area contributed by atoms with Gasteiger partial charge in [-0.05, 0) is 24.3 Å². The zero-order valence-electron chi connectivity index (χ0n) is 12.0. The fourth-order valence-corrected chi connectivity index (χ4v) is 2.30. The molecule has 0 heterocycles. The van der Waals surface area contributed by atoms with Crippen molar-refractivity contribution >= 4 is 61.2 Å². The van der Waals surface area contributed by atoms with Gasteiger partial charge in [0.05, 0.1) is 10.6 Å². The normalized spacial score (nSPS) is 9.58. The number of hydrogen-bond donors (Lipinski definition) is 0. The van der Waals surface area contributed by atoms with Gasteiger partial charge < -0.3 is 38.8 Å². The second-order valence-corrected chi connectivity index (χ2v) is 6.69. The van der Waals surface area contributed by atoms with Crippen LogP contribution in [0, 0.1) is 0 Å². The van der Waals surface area contributed by atoms with Crippen LogP contribution in [0.15, 0.2) is 60.7 Å². The number of benzene rings is 2. The average Bonchev–Trinajstić information content (AvgIpc) is 2.40. The van der Waals surface area contributed by atoms with Gasteiger partial charge in [0.15, 0.2) is 0 Å². The maximum absolute atomic E-state index is 10.3. The van der Waals surface area contributed by atoms with Gasteiger partial charge in [-0.3, -0.25) is 0 Å². The molecule has 0 unspecified atom stereocenters. The van der Waals surface area contributed by atoms with Gasteiger partial charge in [0.25, 0.3) is 0 Å². The monoisotopic (exact) mass is 404 g/mol. The predicted octanol–water partition coefficient (Wildman–Crippen LogP) is -10.4. The Morgan fingerprint density at radius 1 is 0.458 bits per heavy atom. The quantitative estimate of drug-likeness (QED) is 0.360. The van der Waals surface area contributed by atoms with Crippen LogP contribution < -0.4 is 49.4 Å². The molecule has 0 radical (unpaired) electrons. The fourth-order valence-electron chi connectivity index (χ4n) is 1.22. The van der Waals surface area contributed by atoms with E-state index in [2.05, 4.69) is 0 Å². The van der Waals surface area contributed by atoms with Gasteiger partial charge in [-0.2, -0.15) is 0 Å². The Labute approximate surface area is 160 Å². The van der Waals surface area contributed by atoms with Gasteiger partial charge >= 0.3 is 34.7 Å². The second-order valence-electron chi connectivity index (χ2n) is 3.67. The Bertz CT molecular complexity index is 477. The van der Waals surface area contributed by atoms with Gasteiger partial charge in [0.1, 0.15) is 0 Å². The van der Waals surface area contributed by atoms with Crippen molar-refractivity contribution in [3.63, 3.8) is 0 Å². The maximum Gasteiger partial charge on any atom is 3.00 e. The first-order valence-corrected chi connectivity index (χ1v) is 8.45. The van der Waals surface area contributed by atoms with E-state index in [1.807, 2.05) is 0 Å². The van der Waals surface area contributed by atoms with E-state index >= 15 is 0 Å². The molecule has 0 atom stereocenters. The summed E-state index contributed by atoms with van der Waals surface area (Å²) in [6.45, 7) is 0. The summed E-state index contributed by atoms with van der Waals surface area (Å²) >= 11 is 0. The summed E-state index contributed by atoms with van der Waals surface area (Å²) in [5, 5.41) is -0.315. The molecule has 24 heavy (non-hydrogen) atoms. The minimum Gasteiger partial charge on any atom is -1.00 e. The fraction of sp³-hybridized carbons (Fsp3) is 0. The molecule has 0 N–H and O–H groups in total. The molecule has 2 aromatic rings. The molecule has 0 amide bonds. The van der Waals surface area contributed by atoms with Gasteiger partial charge in [-0.15, -0.1) is 15.9 Å². The van der Waals surface area contributed by atoms with Gasteiger partial charge in [0, 0.05) is 0 Å². The van der Waals surface area contributed by atoms with E-state index in [4.69, 9.17) is 0 Å². The standard InChI is InChI=1S/2C6H7O3P.2Al.2FH/c2*7-10(8,9)6-4-2-1-3-5-6;;;;/h2*1-5H,(H2,7,8,9);;;2*1H/q;;2*+3;;/p-6. The minimum atomic E-state index is -4.52. The summed E-state index contributed by atoms with van der Waals surface area (Å²) in [6.07, 6.45) is 0. The Morgan fingerprint density at radius 2 is 0.667 bits per heavy atom. The molecule has 6 nitrogen and oxygen atoms in total. The molecule has 2 rings (SSSR count). The van der Waals surface area contributed by atoms with Crippen LogP contribution in [0.25, 0.3) is 0 Å². The molecule has 0 aliphatic rings. The first-order chi connectivity index (χ1) is 9.21. The van der Waals surface area contributed by atoms with Crippen LogP contribution in [0.1, 0.15) is 0 Å². The molecule has 12 heteroatoms. The van der Waals surface area contributed by atoms with E-state index in [1.54, 1.807) is 12.1 Å². The van der Waals surface area contributed by atoms with E-state index < -0.39 is 15.9 Å². The predicted molar refractivity (Wildman–Crippen MR) is 77.5 cm³/mol. The smallest absolute Gasteiger partial charge is 1.00 e. The third-order valence-corrected chi connectivity index (χ3v) is 4.01. The first kappa shape index (κ1) is 31.7. The minimum absolute atomic E-state index is 0. The molecule has 0 aliphatic heterocycles. The summed E-state index contributed by atoms with van der Waals surface area (Å²) < 4.78 is 0. The van der Waals surface area contributed by atoms with Crippen LogP contribution in [0.2, 0.25) is 0 Å². The summed E-state index contributed by atoms with van der Waals surface area (Å²) in [5.74, 6) is 0. The van der Waals surface area contributed by atoms with E-state index in [9.17, 15) is 29.4 Å². The van der Waals surface area contributed by atoms with Crippen LogP contribution >= 0.6 is 15.9 Å². The molecular weight excluding hydrogens is 394 g/mol. The number of rotatable bonds is 2. The third-order valence-electron chi connectivity index (χ3n) is 2.14. The van der Waals surface area contributed by atoms with Gasteiger partial charge in [0.2, 0.25) is 0 Å². The Hall–Kier alpha value is -0.0151. The molecule has 124 valence electrons. The van der Waals surface area contributed by atoms with Crippen molar-refractivity contribution in [2.24, 2.45) is 0 Å². The van der Waals surface area contributed by atoms with Crippen molar-refractivity contribution in [3.8, 4) is 0 Å². The summed E-state index contributed by atoms with van der Waals surface area (Å²) in [7, 11) is -9.04. The number of hydrogen-bond acceptors (Lipinski definition) is 6. The van der Waals surface area contributed by atoms with E-state index in [0.717, 1.165) is 0 Å². The zero-order chi connectivity index (χ0) is 15.2. The molecule has 0 saturated heterocycles. The van der Waals surface area contributed by atoms with E-state index in [-0.39, 0.29) is 54.7 Å². The Morgan fingerprint density at radius 3 is 0.792 bits per heavy atom. The molecule has 0 bridgehead atoms. The van der Waals surface area contributed by atoms with Crippen molar-refractivity contribution in [2.45, 2.75) is 0 Å². The largest absolute Gasteiger partial charge is 3.00 e. The first-order valence-electron chi connectivity index (χ1n) is 5.36. The summed E-state index contributed by atoms with van der Waals surface area (Å²) in [4.78, 5) is 61.8. The molecule has 0 aliphatic carbocycles. The molecule has 0 saturated carbocycles. The third kappa shape index (κ3) is 12.4. The zero-order valence-corrected chi connectivity index (χ0v) is 16.1. The van der Waals surface area contributed by atoms with E-state index in [1.165, 1.54) is 48.5 Å². The van der Waals surface area contributed by atoms with Crippen molar-refractivity contribution in [1.82, 2.24) is 0 Å². The number of halogens is 2. The molecule has 0 aromatic heterocycles. The molecular formula is C12H10Al2F2O6P2. The van der Waals surface area contributed by atoms with Crippen LogP contribution in [-0.4, -0.2) is 34.7 Å². The Balaban J connectivity index is -0.000000143. The van der Waals surface area contributed by atoms with Crippen LogP contribution in [0.5, 0.6) is 0 Å². The van der Waals surface area contributed by atoms with Gasteiger partial charge in [-0.25, -0.2) is 0 Å². The summed E-state index contributed by atoms with van der Waals surface area (Å²) in [5.41, 5.74) is 0. The molecule has 0 spiro atoms. The second kappa shape index (κ2) is 14.2. The van der Waals surface area contributed by atoms with Crippen LogP contribution in [-0.2, 0) is 0 Å². The van der Waals surface area contributed by atoms with Gasteiger partial charge in [-0.1, -0.05) is 36.4 Å². The average molecular weight is 404 g/mol. The topological polar surface area (TPSA) is 138 Å². The van der Waals surface area contributed by atoms with Crippen LogP contribution in [0.4, 0.5) is 0 Å². The van der Waals surface area contributed by atoms with Crippen molar-refractivity contribution < 1.29 is 38.8 Å². The molecule has 0 fully saturated rings. The van der Waals surface area contributed by atoms with E-state index in [0.29, 0.717) is 0 Å². The molecule has 2 aromatic carbocycles. The summed E-state index contributed by atoms with van der Waals surface area (Å²) in [6, 6.07) is 14.5. The van der Waals surface area contributed by atoms with Crippen molar-refractivity contribution in [3.05, 3.63) is 60.7 Å². The maximum atomic E-state index is 10.3. The Kier molecular flexibility index (Phi) is 18.8.